The summed E-state index contributed by atoms with van der Waals surface area (Å²) in [6.07, 6.45) is 0.913. The molecular weight excluding hydrogens is 268 g/mol. The molecule has 0 atom stereocenters. The fraction of sp³-hybridized carbons (Fsp3) is 0.250. The van der Waals surface area contributed by atoms with Gasteiger partial charge in [-0.3, -0.25) is 10.1 Å². The van der Waals surface area contributed by atoms with E-state index in [0.717, 1.165) is 17.7 Å². The first kappa shape index (κ1) is 14.8. The van der Waals surface area contributed by atoms with Crippen LogP contribution < -0.4 is 10.1 Å². The molecule has 0 aliphatic rings. The van der Waals surface area contributed by atoms with E-state index in [-0.39, 0.29) is 10.6 Å². The zero-order chi connectivity index (χ0) is 15.1. The molecule has 2 rings (SSSR count). The minimum absolute atomic E-state index is 0.0811. The molecule has 2 aromatic carbocycles. The van der Waals surface area contributed by atoms with Crippen LogP contribution in [0.5, 0.6) is 5.75 Å². The van der Waals surface area contributed by atoms with Crippen LogP contribution in [0.4, 0.5) is 11.4 Å². The molecule has 1 N–H and O–H groups in total. The van der Waals surface area contributed by atoms with Crippen molar-refractivity contribution in [3.63, 3.8) is 0 Å². The normalized spacial score (nSPS) is 10.1. The lowest BCUT2D eigenvalue weighted by Gasteiger charge is -2.09. The number of nitrogens with one attached hydrogen (secondary N) is 1. The lowest BCUT2D eigenvalue weighted by molar-refractivity contribution is -0.384. The van der Waals surface area contributed by atoms with E-state index < -0.39 is 0 Å². The molecule has 0 fully saturated rings. The zero-order valence-electron chi connectivity index (χ0n) is 11.9. The molecular formula is C16H18N2O3. The molecule has 2 aromatic rings. The topological polar surface area (TPSA) is 64.4 Å². The lowest BCUT2D eigenvalue weighted by atomic mass is 10.2. The SMILES string of the molecule is CCCNc1ccc(COc2ccccc2)cc1[N+](=O)[O-]. The summed E-state index contributed by atoms with van der Waals surface area (Å²) < 4.78 is 5.60. The predicted octanol–water partition coefficient (Wildman–Crippen LogP) is 4.00. The van der Waals surface area contributed by atoms with E-state index in [1.54, 1.807) is 12.1 Å². The van der Waals surface area contributed by atoms with Crippen molar-refractivity contribution in [1.82, 2.24) is 0 Å². The van der Waals surface area contributed by atoms with Crippen LogP contribution in [0.1, 0.15) is 18.9 Å². The third-order valence-corrected chi connectivity index (χ3v) is 2.97. The maximum absolute atomic E-state index is 11.1. The Morgan fingerprint density at radius 2 is 1.95 bits per heavy atom. The summed E-state index contributed by atoms with van der Waals surface area (Å²) in [6.45, 7) is 3.03. The molecule has 0 saturated carbocycles. The third kappa shape index (κ3) is 4.21. The highest BCUT2D eigenvalue weighted by molar-refractivity contribution is 5.62. The minimum atomic E-state index is -0.371. The van der Waals surface area contributed by atoms with Gasteiger partial charge >= 0.3 is 0 Å². The molecule has 0 unspecified atom stereocenters. The molecule has 21 heavy (non-hydrogen) atoms. The second-order valence-corrected chi connectivity index (χ2v) is 4.64. The van der Waals surface area contributed by atoms with E-state index >= 15 is 0 Å². The Kier molecular flexibility index (Phi) is 5.15. The number of nitro benzene ring substituents is 1. The highest BCUT2D eigenvalue weighted by atomic mass is 16.6. The third-order valence-electron chi connectivity index (χ3n) is 2.97. The second kappa shape index (κ2) is 7.28. The smallest absolute Gasteiger partial charge is 0.292 e. The molecule has 0 spiro atoms. The van der Waals surface area contributed by atoms with Crippen molar-refractivity contribution in [1.29, 1.82) is 0 Å². The lowest BCUT2D eigenvalue weighted by Crippen LogP contribution is -2.04. The Morgan fingerprint density at radius 1 is 1.19 bits per heavy atom. The summed E-state index contributed by atoms with van der Waals surface area (Å²) in [5.74, 6) is 0.744. The van der Waals surface area contributed by atoms with Crippen molar-refractivity contribution < 1.29 is 9.66 Å². The first-order valence-corrected chi connectivity index (χ1v) is 6.89. The standard InChI is InChI=1S/C16H18N2O3/c1-2-10-17-15-9-8-13(11-16(15)18(19)20)12-21-14-6-4-3-5-7-14/h3-9,11,17H,2,10,12H2,1H3. The Morgan fingerprint density at radius 3 is 2.62 bits per heavy atom. The van der Waals surface area contributed by atoms with Crippen LogP contribution in [0, 0.1) is 10.1 Å². The molecule has 0 saturated heterocycles. The van der Waals surface area contributed by atoms with Gasteiger partial charge in [0.1, 0.15) is 18.0 Å². The fourth-order valence-corrected chi connectivity index (χ4v) is 1.91. The summed E-state index contributed by atoms with van der Waals surface area (Å²) in [6, 6.07) is 14.5. The van der Waals surface area contributed by atoms with Crippen molar-refractivity contribution >= 4 is 11.4 Å². The van der Waals surface area contributed by atoms with Gasteiger partial charge < -0.3 is 10.1 Å². The number of hydrogen-bond donors (Lipinski definition) is 1. The number of para-hydroxylation sites is 1. The molecule has 110 valence electrons. The van der Waals surface area contributed by atoms with E-state index in [2.05, 4.69) is 5.32 Å². The molecule has 0 aliphatic carbocycles. The highest BCUT2D eigenvalue weighted by Crippen LogP contribution is 2.26. The van der Waals surface area contributed by atoms with E-state index in [1.807, 2.05) is 43.3 Å². The van der Waals surface area contributed by atoms with Gasteiger partial charge in [0.25, 0.3) is 5.69 Å². The van der Waals surface area contributed by atoms with Gasteiger partial charge in [-0.25, -0.2) is 0 Å². The summed E-state index contributed by atoms with van der Waals surface area (Å²) in [4.78, 5) is 10.8. The Labute approximate surface area is 123 Å². The van der Waals surface area contributed by atoms with Gasteiger partial charge in [0.2, 0.25) is 0 Å². The number of nitrogens with zero attached hydrogens (tertiary/aromatic N) is 1. The van der Waals surface area contributed by atoms with Crippen LogP contribution in [-0.4, -0.2) is 11.5 Å². The van der Waals surface area contributed by atoms with Gasteiger partial charge in [-0.05, 0) is 30.2 Å². The fourth-order valence-electron chi connectivity index (χ4n) is 1.91. The van der Waals surface area contributed by atoms with Gasteiger partial charge in [0.05, 0.1) is 4.92 Å². The number of benzene rings is 2. The molecule has 0 amide bonds. The molecule has 0 aromatic heterocycles. The number of rotatable bonds is 7. The number of ether oxygens (including phenoxy) is 1. The van der Waals surface area contributed by atoms with E-state index in [1.165, 1.54) is 0 Å². The number of hydrogen-bond acceptors (Lipinski definition) is 4. The van der Waals surface area contributed by atoms with Gasteiger partial charge in [0.15, 0.2) is 0 Å². The number of nitro groups is 1. The summed E-state index contributed by atoms with van der Waals surface area (Å²) in [7, 11) is 0. The van der Waals surface area contributed by atoms with Crippen LogP contribution in [0.2, 0.25) is 0 Å². The highest BCUT2D eigenvalue weighted by Gasteiger charge is 2.14. The average Bonchev–Trinajstić information content (AvgIpc) is 2.52. The second-order valence-electron chi connectivity index (χ2n) is 4.64. The average molecular weight is 286 g/mol. The quantitative estimate of drug-likeness (QED) is 0.617. The molecule has 5 heteroatoms. The van der Waals surface area contributed by atoms with Crippen molar-refractivity contribution in [2.45, 2.75) is 20.0 Å². The van der Waals surface area contributed by atoms with Crippen molar-refractivity contribution in [3.05, 3.63) is 64.2 Å². The van der Waals surface area contributed by atoms with Crippen LogP contribution in [0.15, 0.2) is 48.5 Å². The number of anilines is 1. The molecule has 0 aliphatic heterocycles. The van der Waals surface area contributed by atoms with Gasteiger partial charge in [-0.1, -0.05) is 31.2 Å². The first-order valence-electron chi connectivity index (χ1n) is 6.89. The van der Waals surface area contributed by atoms with E-state index in [0.29, 0.717) is 18.8 Å². The zero-order valence-corrected chi connectivity index (χ0v) is 11.9. The maximum Gasteiger partial charge on any atom is 0.292 e. The Bertz CT molecular complexity index is 600. The monoisotopic (exact) mass is 286 g/mol. The van der Waals surface area contributed by atoms with E-state index in [9.17, 15) is 10.1 Å². The summed E-state index contributed by atoms with van der Waals surface area (Å²) in [5.41, 5.74) is 1.40. The van der Waals surface area contributed by atoms with Crippen LogP contribution >= 0.6 is 0 Å². The van der Waals surface area contributed by atoms with Crippen LogP contribution in [0.3, 0.4) is 0 Å². The van der Waals surface area contributed by atoms with Crippen LogP contribution in [-0.2, 0) is 6.61 Å². The largest absolute Gasteiger partial charge is 0.489 e. The molecule has 0 heterocycles. The minimum Gasteiger partial charge on any atom is -0.489 e. The van der Waals surface area contributed by atoms with Crippen LogP contribution in [0.25, 0.3) is 0 Å². The van der Waals surface area contributed by atoms with Crippen molar-refractivity contribution in [2.75, 3.05) is 11.9 Å². The Balaban J connectivity index is 2.10. The molecule has 0 radical (unpaired) electrons. The van der Waals surface area contributed by atoms with Crippen molar-refractivity contribution in [2.24, 2.45) is 0 Å². The van der Waals surface area contributed by atoms with E-state index in [4.69, 9.17) is 4.74 Å². The van der Waals surface area contributed by atoms with Crippen molar-refractivity contribution in [3.8, 4) is 5.75 Å². The first-order chi connectivity index (χ1) is 10.2. The maximum atomic E-state index is 11.1. The summed E-state index contributed by atoms with van der Waals surface area (Å²) in [5, 5.41) is 14.2. The molecule has 0 bridgehead atoms. The Hall–Kier alpha value is -2.56. The molecule has 5 nitrogen and oxygen atoms in total. The van der Waals surface area contributed by atoms with Gasteiger partial charge in [0, 0.05) is 12.6 Å². The predicted molar refractivity (Wildman–Crippen MR) is 82.7 cm³/mol. The van der Waals surface area contributed by atoms with Gasteiger partial charge in [-0.2, -0.15) is 0 Å². The summed E-state index contributed by atoms with van der Waals surface area (Å²) >= 11 is 0. The van der Waals surface area contributed by atoms with Gasteiger partial charge in [-0.15, -0.1) is 0 Å².